The molecule has 690 valence electrons. The first kappa shape index (κ1) is 109. The van der Waals surface area contributed by atoms with Gasteiger partial charge in [-0.05, 0) is 68.8 Å². The van der Waals surface area contributed by atoms with Gasteiger partial charge in [-0.25, -0.2) is 40.1 Å². The number of anilines is 5. The van der Waals surface area contributed by atoms with Crippen molar-refractivity contribution in [2.75, 3.05) is 67.2 Å². The molecule has 131 heavy (non-hydrogen) atoms. The molecule has 0 radical (unpaired) electrons. The van der Waals surface area contributed by atoms with Crippen molar-refractivity contribution in [1.29, 1.82) is 0 Å². The second kappa shape index (κ2) is 49.3. The SMILES string of the molecule is CC(C)(C)c1ccnc(-c2[c-]cc(F)nc2F)c1.CN(C)c1ccnc(-c2[c-]cc(F)nc2F)c1.CN1C=NN(c2[c-]cc(C(F)(F)F)cc2)[CH-]1.CN1C=NN(c2[c-]cc(C(F)(F)F)cc2)[CH-]1.CN1C=NN(c2[c-]cc(C(F)(F)F)cc2)[CH-]1.CN1C=NN(c2[c-]cc(C(F)(F)F)cc2)[CH-]1.Fc1c[c-]c(-c2ncccn2)c(F)n1.Fc1c[c-]c(-c2ncncn2)c(F)n1.[Ir+3].[Ir+3].[Ir+3].[Ir+3]. The molecule has 0 unspecified atom stereocenters. The Morgan fingerprint density at radius 1 is 0.321 bits per heavy atom. The number of aromatic nitrogens is 11. The first-order valence-electron chi connectivity index (χ1n) is 35.8. The average Bonchev–Trinajstić information content (AvgIpc) is 1.67. The second-order valence-electron chi connectivity index (χ2n) is 26.8. The maximum Gasteiger partial charge on any atom is 3.00 e. The zero-order valence-electron chi connectivity index (χ0n) is 68.3. The van der Waals surface area contributed by atoms with Crippen molar-refractivity contribution >= 4 is 53.8 Å². The van der Waals surface area contributed by atoms with Gasteiger partial charge in [0.15, 0.2) is 0 Å². The third-order valence-corrected chi connectivity index (χ3v) is 16.0. The van der Waals surface area contributed by atoms with Gasteiger partial charge in [-0.1, -0.05) is 124 Å². The standard InChI is InChI=1S/C14H13F2N2.C12H10F2N3.4C10H8F3N3.C9H4F2N3.C8H3F2N4.4Ir/c1-14(2,3)9-6-7-17-11(8-9)10-4-5-12(15)18-13(10)16;1-17(2)8-5-6-15-10(7-8)9-3-4-11(13)16-12(9)14;4*1-15-6-14-16(7-15)9-4-2-8(3-5-9)10(11,12)13;10-7-3-2-6(8(11)14-7)9-12-4-1-5-13-9;9-6-2-1-5(7(10)14-6)8-12-3-11-4-13-8;;;;/h5-8H,1-3H3;4-7H,1-2H3;4*2-4,6-7H,1H3;1,3-5H;2-4H;;;;/q2*-1;4*-2;2*-1;4*+3. The average molecular weight is 2540 g/mol. The molecule has 24 nitrogen and oxygen atoms in total. The Hall–Kier alpha value is -12.1. The van der Waals surface area contributed by atoms with Crippen LogP contribution in [0.25, 0.3) is 45.3 Å². The maximum absolute atomic E-state index is 13.5. The summed E-state index contributed by atoms with van der Waals surface area (Å²) in [4.78, 5) is 47.5. The van der Waals surface area contributed by atoms with E-state index in [9.17, 15) is 87.8 Å². The molecular weight excluding hydrogens is 2480 g/mol. The normalized spacial score (nSPS) is 12.9. The van der Waals surface area contributed by atoms with Gasteiger partial charge in [-0.2, -0.15) is 146 Å². The Labute approximate surface area is 790 Å². The molecule has 0 saturated carbocycles. The van der Waals surface area contributed by atoms with Crippen LogP contribution in [-0.2, 0) is 111 Å². The summed E-state index contributed by atoms with van der Waals surface area (Å²) < 4.78 is 251. The van der Waals surface area contributed by atoms with E-state index in [2.05, 4.69) is 145 Å². The molecule has 0 fully saturated rings. The van der Waals surface area contributed by atoms with Gasteiger partial charge in [-0.3, -0.25) is 39.9 Å². The minimum atomic E-state index is -4.33. The van der Waals surface area contributed by atoms with Gasteiger partial charge in [0.1, 0.15) is 60.2 Å². The quantitative estimate of drug-likeness (QED) is 0.0744. The van der Waals surface area contributed by atoms with Crippen LogP contribution in [0.5, 0.6) is 0 Å². The van der Waals surface area contributed by atoms with Crippen molar-refractivity contribution in [2.24, 2.45) is 20.4 Å². The summed E-state index contributed by atoms with van der Waals surface area (Å²) in [5.41, 5.74) is 1.65. The maximum atomic E-state index is 13.5. The third kappa shape index (κ3) is 33.4. The summed E-state index contributed by atoms with van der Waals surface area (Å²) in [6.45, 7) is 12.7. The fourth-order valence-corrected chi connectivity index (χ4v) is 9.75. The monoisotopic (exact) mass is 2550 g/mol. The van der Waals surface area contributed by atoms with E-state index in [1.54, 1.807) is 136 Å². The Kier molecular flexibility index (Phi) is 41.2. The Balaban J connectivity index is 0.000000264. The van der Waals surface area contributed by atoms with E-state index in [4.69, 9.17) is 0 Å². The van der Waals surface area contributed by atoms with Crippen molar-refractivity contribution in [2.45, 2.75) is 50.9 Å². The predicted octanol–water partition coefficient (Wildman–Crippen LogP) is 17.7. The van der Waals surface area contributed by atoms with Crippen LogP contribution in [0.4, 0.5) is 116 Å². The zero-order valence-corrected chi connectivity index (χ0v) is 77.9. The minimum absolute atomic E-state index is 0. The van der Waals surface area contributed by atoms with E-state index in [0.717, 1.165) is 84.0 Å². The van der Waals surface area contributed by atoms with E-state index < -0.39 is 94.5 Å². The molecule has 16 rings (SSSR count). The Morgan fingerprint density at radius 3 is 0.855 bits per heavy atom. The van der Waals surface area contributed by atoms with Crippen LogP contribution in [0.15, 0.2) is 185 Å². The van der Waals surface area contributed by atoms with Crippen molar-refractivity contribution in [3.05, 3.63) is 315 Å². The number of nitrogens with zero attached hydrogens (tertiary/aromatic N) is 24. The molecule has 0 N–H and O–H groups in total. The van der Waals surface area contributed by atoms with Crippen LogP contribution >= 0.6 is 0 Å². The summed E-state index contributed by atoms with van der Waals surface area (Å²) >= 11 is 0. The molecule has 48 heteroatoms. The summed E-state index contributed by atoms with van der Waals surface area (Å²) in [5, 5.41) is 21.6. The fourth-order valence-electron chi connectivity index (χ4n) is 9.75. The van der Waals surface area contributed by atoms with Crippen molar-refractivity contribution in [3.63, 3.8) is 0 Å². The number of halogens is 20. The topological polar surface area (TPSA) is 220 Å². The van der Waals surface area contributed by atoms with Gasteiger partial charge in [0.25, 0.3) is 0 Å². The number of benzene rings is 4. The zero-order chi connectivity index (χ0) is 92.7. The van der Waals surface area contributed by atoms with E-state index in [-0.39, 0.29) is 120 Å². The molecule has 0 aliphatic carbocycles. The minimum Gasteiger partial charge on any atom is -0.493 e. The Bertz CT molecular complexity index is 5300. The summed E-state index contributed by atoms with van der Waals surface area (Å²) in [6.07, 6.45) is -2.64. The van der Waals surface area contributed by atoms with Gasteiger partial charge >= 0.3 is 105 Å². The van der Waals surface area contributed by atoms with Crippen molar-refractivity contribution < 1.29 is 168 Å². The number of rotatable bonds is 9. The van der Waals surface area contributed by atoms with Crippen LogP contribution < -0.4 is 24.9 Å². The molecule has 0 spiro atoms. The number of pyridine rings is 6. The van der Waals surface area contributed by atoms with Crippen LogP contribution in [0.1, 0.15) is 48.6 Å². The molecule has 0 amide bonds. The number of hydrogen-bond donors (Lipinski definition) is 0. The summed E-state index contributed by atoms with van der Waals surface area (Å²) in [6, 6.07) is 45.5. The molecule has 4 aliphatic rings. The molecule has 4 aliphatic heterocycles. The fraction of sp³-hybridized carbons (Fsp3) is 0.169. The van der Waals surface area contributed by atoms with Crippen molar-refractivity contribution in [3.8, 4) is 45.3 Å². The smallest absolute Gasteiger partial charge is 0.493 e. The first-order valence-corrected chi connectivity index (χ1v) is 35.8. The summed E-state index contributed by atoms with van der Waals surface area (Å²) in [7, 11) is 10.8. The second-order valence-corrected chi connectivity index (χ2v) is 26.8. The largest absolute Gasteiger partial charge is 3.00 e. The van der Waals surface area contributed by atoms with E-state index in [1.165, 1.54) is 69.3 Å². The Morgan fingerprint density at radius 2 is 0.603 bits per heavy atom. The van der Waals surface area contributed by atoms with Crippen LogP contribution in [0.3, 0.4) is 0 Å². The number of alkyl halides is 12. The molecule has 0 saturated heterocycles. The summed E-state index contributed by atoms with van der Waals surface area (Å²) in [5.74, 6) is -7.17. The van der Waals surface area contributed by atoms with E-state index in [0.29, 0.717) is 34.1 Å². The van der Waals surface area contributed by atoms with Crippen LogP contribution in [0.2, 0.25) is 0 Å². The molecule has 0 atom stereocenters. The van der Waals surface area contributed by atoms with Gasteiger partial charge < -0.3 is 54.5 Å². The number of hydrazone groups is 4. The molecule has 0 bridgehead atoms. The van der Waals surface area contributed by atoms with Gasteiger partial charge in [-0.15, -0.1) is 75.2 Å². The van der Waals surface area contributed by atoms with Gasteiger partial charge in [0, 0.05) is 44.6 Å². The molecule has 8 aromatic heterocycles. The van der Waals surface area contributed by atoms with E-state index >= 15 is 0 Å². The van der Waals surface area contributed by atoms with E-state index in [1.807, 2.05) is 25.1 Å². The first-order chi connectivity index (χ1) is 59.9. The van der Waals surface area contributed by atoms with Crippen LogP contribution in [0, 0.1) is 123 Å². The molecular formula is C83H62F20Ir4N24. The molecule has 4 aromatic carbocycles. The number of hydrogen-bond acceptors (Lipinski definition) is 24. The third-order valence-electron chi connectivity index (χ3n) is 16.0. The molecule has 12 heterocycles. The predicted molar refractivity (Wildman–Crippen MR) is 425 cm³/mol. The van der Waals surface area contributed by atoms with Crippen molar-refractivity contribution in [1.82, 2.24) is 74.4 Å². The van der Waals surface area contributed by atoms with Gasteiger partial charge in [0.05, 0.1) is 37.0 Å². The molecule has 12 aromatic rings. The van der Waals surface area contributed by atoms with Crippen LogP contribution in [-0.4, -0.2) is 142 Å². The van der Waals surface area contributed by atoms with Gasteiger partial charge in [0.2, 0.25) is 0 Å².